The largest absolute Gasteiger partial charge is 0.480 e. The van der Waals surface area contributed by atoms with Crippen LogP contribution in [0.15, 0.2) is 53.4 Å². The minimum absolute atomic E-state index is 0.105. The quantitative estimate of drug-likeness (QED) is 0.725. The molecule has 0 aliphatic carbocycles. The summed E-state index contributed by atoms with van der Waals surface area (Å²) >= 11 is 0. The standard InChI is InChI=1S/C14H15N3O4S/c15-14(22(20,21)10-5-2-1-3-6-10)11-7-4-8-12(17-11)16-9-13(18)19/h1-8,14H,9,15H2,(H,16,17)(H,18,19). The van der Waals surface area contributed by atoms with Crippen LogP contribution in [-0.4, -0.2) is 31.0 Å². The summed E-state index contributed by atoms with van der Waals surface area (Å²) in [4.78, 5) is 14.7. The summed E-state index contributed by atoms with van der Waals surface area (Å²) in [5.41, 5.74) is 5.97. The molecule has 4 N–H and O–H groups in total. The van der Waals surface area contributed by atoms with Crippen LogP contribution in [-0.2, 0) is 14.6 Å². The smallest absolute Gasteiger partial charge is 0.322 e. The lowest BCUT2D eigenvalue weighted by atomic mass is 10.3. The van der Waals surface area contributed by atoms with Crippen molar-refractivity contribution in [1.82, 2.24) is 4.98 Å². The van der Waals surface area contributed by atoms with E-state index in [0.717, 1.165) is 0 Å². The van der Waals surface area contributed by atoms with Crippen molar-refractivity contribution in [3.63, 3.8) is 0 Å². The van der Waals surface area contributed by atoms with E-state index in [-0.39, 0.29) is 23.0 Å². The van der Waals surface area contributed by atoms with Crippen molar-refractivity contribution in [2.45, 2.75) is 10.3 Å². The molecule has 1 aromatic heterocycles. The molecule has 0 radical (unpaired) electrons. The van der Waals surface area contributed by atoms with Crippen LogP contribution in [0.4, 0.5) is 5.82 Å². The maximum Gasteiger partial charge on any atom is 0.322 e. The summed E-state index contributed by atoms with van der Waals surface area (Å²) in [6.45, 7) is -0.322. The van der Waals surface area contributed by atoms with Gasteiger partial charge in [0.15, 0.2) is 15.2 Å². The zero-order chi connectivity index (χ0) is 16.2. The highest BCUT2D eigenvalue weighted by Gasteiger charge is 2.26. The van der Waals surface area contributed by atoms with Crippen LogP contribution in [0.2, 0.25) is 0 Å². The number of aliphatic carboxylic acids is 1. The van der Waals surface area contributed by atoms with Gasteiger partial charge in [0, 0.05) is 0 Å². The van der Waals surface area contributed by atoms with Crippen LogP contribution < -0.4 is 11.1 Å². The molecule has 0 saturated carbocycles. The van der Waals surface area contributed by atoms with E-state index in [2.05, 4.69) is 10.3 Å². The number of sulfone groups is 1. The van der Waals surface area contributed by atoms with E-state index in [9.17, 15) is 13.2 Å². The van der Waals surface area contributed by atoms with Gasteiger partial charge in [0.2, 0.25) is 0 Å². The minimum atomic E-state index is -3.77. The zero-order valence-electron chi connectivity index (χ0n) is 11.5. The summed E-state index contributed by atoms with van der Waals surface area (Å²) in [6.07, 6.45) is 0. The van der Waals surface area contributed by atoms with Gasteiger partial charge >= 0.3 is 5.97 Å². The van der Waals surface area contributed by atoms with E-state index in [1.54, 1.807) is 24.3 Å². The molecule has 0 aliphatic rings. The number of nitrogens with zero attached hydrogens (tertiary/aromatic N) is 1. The number of anilines is 1. The third-order valence-corrected chi connectivity index (χ3v) is 4.73. The molecule has 0 bridgehead atoms. The number of nitrogens with one attached hydrogen (secondary N) is 1. The third kappa shape index (κ3) is 3.60. The molecule has 0 aliphatic heterocycles. The molecule has 1 atom stereocenters. The Bertz CT molecular complexity index is 763. The van der Waals surface area contributed by atoms with E-state index in [4.69, 9.17) is 10.8 Å². The van der Waals surface area contributed by atoms with Gasteiger partial charge in [-0.1, -0.05) is 24.3 Å². The molecule has 8 heteroatoms. The van der Waals surface area contributed by atoms with Crippen molar-refractivity contribution in [2.24, 2.45) is 5.73 Å². The molecule has 7 nitrogen and oxygen atoms in total. The zero-order valence-corrected chi connectivity index (χ0v) is 12.3. The molecule has 1 unspecified atom stereocenters. The lowest BCUT2D eigenvalue weighted by molar-refractivity contribution is -0.134. The van der Waals surface area contributed by atoms with Gasteiger partial charge in [0.1, 0.15) is 12.4 Å². The Labute approximate surface area is 127 Å². The summed E-state index contributed by atoms with van der Waals surface area (Å²) in [7, 11) is -3.77. The Morgan fingerprint density at radius 3 is 2.50 bits per heavy atom. The minimum Gasteiger partial charge on any atom is -0.480 e. The van der Waals surface area contributed by atoms with Crippen LogP contribution >= 0.6 is 0 Å². The number of carboxylic acids is 1. The van der Waals surface area contributed by atoms with Gasteiger partial charge in [0.25, 0.3) is 0 Å². The van der Waals surface area contributed by atoms with Gasteiger partial charge in [-0.2, -0.15) is 0 Å². The Hall–Kier alpha value is -2.45. The number of nitrogens with two attached hydrogens (primary N) is 1. The molecule has 0 amide bonds. The molecule has 0 saturated heterocycles. The number of rotatable bonds is 6. The normalized spacial score (nSPS) is 12.6. The van der Waals surface area contributed by atoms with Crippen molar-refractivity contribution >= 4 is 21.6 Å². The molecule has 2 rings (SSSR count). The average Bonchev–Trinajstić information content (AvgIpc) is 2.53. The number of carbonyl (C=O) groups is 1. The molecule has 1 heterocycles. The number of hydrogen-bond acceptors (Lipinski definition) is 6. The number of carboxylic acid groups (broad SMARTS) is 1. The molecule has 1 aromatic carbocycles. The van der Waals surface area contributed by atoms with Crippen LogP contribution in [0.25, 0.3) is 0 Å². The van der Waals surface area contributed by atoms with Crippen molar-refractivity contribution in [3.8, 4) is 0 Å². The first-order valence-electron chi connectivity index (χ1n) is 6.38. The van der Waals surface area contributed by atoms with Crippen LogP contribution in [0.1, 0.15) is 11.1 Å². The Morgan fingerprint density at radius 1 is 1.18 bits per heavy atom. The maximum absolute atomic E-state index is 12.4. The van der Waals surface area contributed by atoms with E-state index in [1.165, 1.54) is 24.3 Å². The second-order valence-corrected chi connectivity index (χ2v) is 6.54. The first kappa shape index (κ1) is 15.9. The molecular formula is C14H15N3O4S. The fraction of sp³-hybridized carbons (Fsp3) is 0.143. The summed E-state index contributed by atoms with van der Waals surface area (Å²) in [6, 6.07) is 12.4. The molecular weight excluding hydrogens is 306 g/mol. The first-order valence-corrected chi connectivity index (χ1v) is 7.93. The summed E-state index contributed by atoms with van der Waals surface area (Å²) in [5.74, 6) is -0.799. The topological polar surface area (TPSA) is 122 Å². The lowest BCUT2D eigenvalue weighted by Crippen LogP contribution is -2.23. The van der Waals surface area contributed by atoms with Gasteiger partial charge in [-0.25, -0.2) is 13.4 Å². The van der Waals surface area contributed by atoms with Gasteiger partial charge in [-0.15, -0.1) is 0 Å². The monoisotopic (exact) mass is 321 g/mol. The van der Waals surface area contributed by atoms with Crippen molar-refractivity contribution in [1.29, 1.82) is 0 Å². The number of hydrogen-bond donors (Lipinski definition) is 3. The Kier molecular flexibility index (Phi) is 4.74. The Balaban J connectivity index is 2.27. The van der Waals surface area contributed by atoms with E-state index in [1.807, 2.05) is 0 Å². The highest BCUT2D eigenvalue weighted by Crippen LogP contribution is 2.23. The lowest BCUT2D eigenvalue weighted by Gasteiger charge is -2.13. The summed E-state index contributed by atoms with van der Waals surface area (Å²) in [5, 5.41) is 9.86. The second kappa shape index (κ2) is 6.54. The highest BCUT2D eigenvalue weighted by molar-refractivity contribution is 7.91. The first-order chi connectivity index (χ1) is 10.4. The molecule has 0 spiro atoms. The number of pyridine rings is 1. The predicted molar refractivity (Wildman–Crippen MR) is 80.9 cm³/mol. The highest BCUT2D eigenvalue weighted by atomic mass is 32.2. The van der Waals surface area contributed by atoms with E-state index in [0.29, 0.717) is 0 Å². The third-order valence-electron chi connectivity index (χ3n) is 2.89. The van der Waals surface area contributed by atoms with Crippen molar-refractivity contribution < 1.29 is 18.3 Å². The fourth-order valence-corrected chi connectivity index (χ4v) is 3.07. The number of aromatic nitrogens is 1. The van der Waals surface area contributed by atoms with Crippen LogP contribution in [0.5, 0.6) is 0 Å². The van der Waals surface area contributed by atoms with Crippen molar-refractivity contribution in [3.05, 3.63) is 54.2 Å². The maximum atomic E-state index is 12.4. The Morgan fingerprint density at radius 2 is 1.86 bits per heavy atom. The van der Waals surface area contributed by atoms with E-state index >= 15 is 0 Å². The summed E-state index contributed by atoms with van der Waals surface area (Å²) < 4.78 is 24.9. The fourth-order valence-electron chi connectivity index (χ4n) is 1.79. The van der Waals surface area contributed by atoms with Gasteiger partial charge in [-0.3, -0.25) is 4.79 Å². The molecule has 0 fully saturated rings. The average molecular weight is 321 g/mol. The van der Waals surface area contributed by atoms with Crippen LogP contribution in [0.3, 0.4) is 0 Å². The number of benzene rings is 1. The van der Waals surface area contributed by atoms with Gasteiger partial charge in [0.05, 0.1) is 10.6 Å². The predicted octanol–water partition coefficient (Wildman–Crippen LogP) is 1.01. The second-order valence-electron chi connectivity index (χ2n) is 4.47. The van der Waals surface area contributed by atoms with Crippen molar-refractivity contribution in [2.75, 3.05) is 11.9 Å². The molecule has 2 aromatic rings. The van der Waals surface area contributed by atoms with E-state index < -0.39 is 21.2 Å². The van der Waals surface area contributed by atoms with Gasteiger partial charge < -0.3 is 16.2 Å². The van der Waals surface area contributed by atoms with Gasteiger partial charge in [-0.05, 0) is 24.3 Å². The SMILES string of the molecule is NC(c1cccc(NCC(=O)O)n1)S(=O)(=O)c1ccccc1. The molecule has 116 valence electrons. The molecule has 22 heavy (non-hydrogen) atoms. The van der Waals surface area contributed by atoms with Crippen LogP contribution in [0, 0.1) is 0 Å².